The van der Waals surface area contributed by atoms with E-state index in [1.165, 1.54) is 0 Å². The summed E-state index contributed by atoms with van der Waals surface area (Å²) in [5.74, 6) is -0.412. The molecule has 0 aliphatic heterocycles. The summed E-state index contributed by atoms with van der Waals surface area (Å²) >= 11 is 6.01. The Morgan fingerprint density at radius 1 is 1.43 bits per heavy atom. The Hall–Kier alpha value is -1.10. The van der Waals surface area contributed by atoms with Gasteiger partial charge in [-0.2, -0.15) is 0 Å². The van der Waals surface area contributed by atoms with Gasteiger partial charge >= 0.3 is 0 Å². The molecule has 21 heavy (non-hydrogen) atoms. The molecule has 0 unspecified atom stereocenters. The van der Waals surface area contributed by atoms with Gasteiger partial charge in [-0.3, -0.25) is 4.79 Å². The minimum atomic E-state index is -1.24. The number of benzene rings is 1. The zero-order valence-corrected chi connectivity index (χ0v) is 13.0. The van der Waals surface area contributed by atoms with Crippen LogP contribution in [0.2, 0.25) is 5.02 Å². The van der Waals surface area contributed by atoms with Gasteiger partial charge in [-0.05, 0) is 18.9 Å². The fraction of sp³-hybridized carbons (Fsp3) is 0.562. The average molecular weight is 312 g/mol. The monoisotopic (exact) mass is 311 g/mol. The Labute approximate surface area is 130 Å². The van der Waals surface area contributed by atoms with E-state index < -0.39 is 12.0 Å². The number of hydrogen-bond acceptors (Lipinski definition) is 3. The van der Waals surface area contributed by atoms with Crippen LogP contribution in [-0.4, -0.2) is 31.3 Å². The molecule has 1 aromatic rings. The molecule has 5 heteroatoms. The molecule has 1 aromatic carbocycles. The van der Waals surface area contributed by atoms with E-state index in [0.29, 0.717) is 23.7 Å². The van der Waals surface area contributed by atoms with E-state index in [9.17, 15) is 9.90 Å². The van der Waals surface area contributed by atoms with Gasteiger partial charge in [0, 0.05) is 29.7 Å². The molecule has 0 saturated heterocycles. The van der Waals surface area contributed by atoms with Crippen molar-refractivity contribution >= 4 is 17.5 Å². The van der Waals surface area contributed by atoms with Crippen LogP contribution in [0, 0.1) is 5.41 Å². The molecule has 0 radical (unpaired) electrons. The third-order valence-corrected chi connectivity index (χ3v) is 4.54. The number of hydrogen-bond donors (Lipinski definition) is 2. The molecule has 0 spiro atoms. The molecular formula is C16H22ClNO3. The third-order valence-electron chi connectivity index (χ3n) is 4.20. The Bertz CT molecular complexity index is 486. The van der Waals surface area contributed by atoms with Crippen LogP contribution in [0.25, 0.3) is 0 Å². The average Bonchev–Trinajstić information content (AvgIpc) is 2.94. The highest BCUT2D eigenvalue weighted by molar-refractivity contribution is 6.31. The van der Waals surface area contributed by atoms with Crippen LogP contribution in [0.15, 0.2) is 24.3 Å². The van der Waals surface area contributed by atoms with Crippen molar-refractivity contribution in [1.82, 2.24) is 5.32 Å². The van der Waals surface area contributed by atoms with E-state index in [1.807, 2.05) is 0 Å². The van der Waals surface area contributed by atoms with Gasteiger partial charge in [0.1, 0.15) is 0 Å². The summed E-state index contributed by atoms with van der Waals surface area (Å²) in [5, 5.41) is 13.4. The van der Waals surface area contributed by atoms with E-state index in [-0.39, 0.29) is 5.41 Å². The second kappa shape index (κ2) is 7.25. The van der Waals surface area contributed by atoms with Crippen LogP contribution in [0.5, 0.6) is 0 Å². The molecule has 4 nitrogen and oxygen atoms in total. The summed E-state index contributed by atoms with van der Waals surface area (Å²) in [7, 11) is 1.68. The molecule has 1 aliphatic rings. The number of carbonyl (C=O) groups is 1. The summed E-state index contributed by atoms with van der Waals surface area (Å²) < 4.78 is 5.29. The maximum atomic E-state index is 12.1. The van der Waals surface area contributed by atoms with Crippen molar-refractivity contribution < 1.29 is 14.6 Å². The highest BCUT2D eigenvalue weighted by Gasteiger charge is 2.34. The topological polar surface area (TPSA) is 58.6 Å². The lowest BCUT2D eigenvalue weighted by molar-refractivity contribution is -0.130. The quantitative estimate of drug-likeness (QED) is 0.849. The molecule has 0 heterocycles. The fourth-order valence-electron chi connectivity index (χ4n) is 3.01. The fourth-order valence-corrected chi connectivity index (χ4v) is 3.25. The van der Waals surface area contributed by atoms with E-state index in [0.717, 1.165) is 25.7 Å². The van der Waals surface area contributed by atoms with Gasteiger partial charge in [-0.1, -0.05) is 42.6 Å². The second-order valence-electron chi connectivity index (χ2n) is 5.78. The number of methoxy groups -OCH3 is 1. The first-order valence-corrected chi connectivity index (χ1v) is 7.65. The summed E-state index contributed by atoms with van der Waals surface area (Å²) in [6.45, 7) is 1.16. The van der Waals surface area contributed by atoms with Gasteiger partial charge < -0.3 is 15.2 Å². The molecule has 1 saturated carbocycles. The molecule has 2 rings (SSSR count). The molecule has 1 amide bonds. The van der Waals surface area contributed by atoms with E-state index in [4.69, 9.17) is 16.3 Å². The van der Waals surface area contributed by atoms with Crippen molar-refractivity contribution in [3.05, 3.63) is 34.9 Å². The molecule has 1 fully saturated rings. The normalized spacial score (nSPS) is 18.4. The molecule has 1 atom stereocenters. The minimum Gasteiger partial charge on any atom is -0.384 e. The first kappa shape index (κ1) is 16.3. The van der Waals surface area contributed by atoms with Crippen LogP contribution in [0.3, 0.4) is 0 Å². The molecular weight excluding hydrogens is 290 g/mol. The number of carbonyl (C=O) groups excluding carboxylic acids is 1. The third kappa shape index (κ3) is 3.96. The number of aliphatic hydroxyl groups is 1. The summed E-state index contributed by atoms with van der Waals surface area (Å²) in [6.07, 6.45) is 3.17. The van der Waals surface area contributed by atoms with Crippen LogP contribution in [-0.2, 0) is 9.53 Å². The zero-order valence-electron chi connectivity index (χ0n) is 12.3. The van der Waals surface area contributed by atoms with Crippen molar-refractivity contribution in [2.24, 2.45) is 5.41 Å². The summed E-state index contributed by atoms with van der Waals surface area (Å²) in [4.78, 5) is 12.1. The Morgan fingerprint density at radius 2 is 2.10 bits per heavy atom. The van der Waals surface area contributed by atoms with Crippen LogP contribution >= 0.6 is 11.6 Å². The first-order chi connectivity index (χ1) is 10.1. The summed E-state index contributed by atoms with van der Waals surface area (Å²) in [6, 6.07) is 6.84. The van der Waals surface area contributed by atoms with Crippen LogP contribution in [0.4, 0.5) is 0 Å². The van der Waals surface area contributed by atoms with Crippen molar-refractivity contribution in [2.45, 2.75) is 31.8 Å². The number of aliphatic hydroxyl groups excluding tert-OH is 1. The van der Waals surface area contributed by atoms with Gasteiger partial charge in [-0.15, -0.1) is 0 Å². The molecule has 116 valence electrons. The van der Waals surface area contributed by atoms with Gasteiger partial charge in [0.2, 0.25) is 0 Å². The van der Waals surface area contributed by atoms with Crippen molar-refractivity contribution in [3.8, 4) is 0 Å². The Morgan fingerprint density at radius 3 is 2.71 bits per heavy atom. The number of rotatable bonds is 6. The van der Waals surface area contributed by atoms with E-state index in [2.05, 4.69) is 5.32 Å². The SMILES string of the molecule is COCC1(CNC(=O)[C@H](O)c2ccccc2Cl)CCCC1. The number of nitrogens with one attached hydrogen (secondary N) is 1. The minimum absolute atomic E-state index is 0.00458. The van der Waals surface area contributed by atoms with Gasteiger partial charge in [-0.25, -0.2) is 0 Å². The Balaban J connectivity index is 1.96. The predicted octanol–water partition coefficient (Wildman–Crippen LogP) is 2.70. The number of ether oxygens (including phenoxy) is 1. The lowest BCUT2D eigenvalue weighted by Gasteiger charge is -2.28. The van der Waals surface area contributed by atoms with E-state index in [1.54, 1.807) is 31.4 Å². The predicted molar refractivity (Wildman–Crippen MR) is 82.2 cm³/mol. The zero-order chi connectivity index (χ0) is 15.3. The number of halogens is 1. The van der Waals surface area contributed by atoms with Gasteiger partial charge in [0.25, 0.3) is 5.91 Å². The van der Waals surface area contributed by atoms with Crippen molar-refractivity contribution in [3.63, 3.8) is 0 Å². The van der Waals surface area contributed by atoms with Crippen molar-refractivity contribution in [2.75, 3.05) is 20.3 Å². The van der Waals surface area contributed by atoms with Crippen molar-refractivity contribution in [1.29, 1.82) is 0 Å². The largest absolute Gasteiger partial charge is 0.384 e. The van der Waals surface area contributed by atoms with Crippen LogP contribution < -0.4 is 5.32 Å². The van der Waals surface area contributed by atoms with Gasteiger partial charge in [0.15, 0.2) is 6.10 Å². The molecule has 1 aliphatic carbocycles. The smallest absolute Gasteiger partial charge is 0.253 e. The lowest BCUT2D eigenvalue weighted by Crippen LogP contribution is -2.40. The first-order valence-electron chi connectivity index (χ1n) is 7.27. The van der Waals surface area contributed by atoms with Gasteiger partial charge in [0.05, 0.1) is 6.61 Å². The second-order valence-corrected chi connectivity index (χ2v) is 6.19. The maximum absolute atomic E-state index is 12.1. The van der Waals surface area contributed by atoms with Crippen LogP contribution in [0.1, 0.15) is 37.4 Å². The molecule has 0 bridgehead atoms. The Kier molecular flexibility index (Phi) is 5.62. The highest BCUT2D eigenvalue weighted by atomic mass is 35.5. The molecule has 0 aromatic heterocycles. The molecule has 2 N–H and O–H groups in total. The number of amides is 1. The van der Waals surface area contributed by atoms with E-state index >= 15 is 0 Å². The maximum Gasteiger partial charge on any atom is 0.253 e. The standard InChI is InChI=1S/C16H22ClNO3/c1-21-11-16(8-4-5-9-16)10-18-15(20)14(19)12-6-2-3-7-13(12)17/h2-3,6-7,14,19H,4-5,8-11H2,1H3,(H,18,20)/t14-/m1/s1. The highest BCUT2D eigenvalue weighted by Crippen LogP contribution is 2.37. The lowest BCUT2D eigenvalue weighted by atomic mass is 9.87. The summed E-state index contributed by atoms with van der Waals surface area (Å²) in [5.41, 5.74) is 0.439.